The van der Waals surface area contributed by atoms with Crippen LogP contribution in [0, 0.1) is 11.3 Å². The number of amides is 2. The first-order valence-corrected chi connectivity index (χ1v) is 22.7. The first kappa shape index (κ1) is 40.7. The lowest BCUT2D eigenvalue weighted by Gasteiger charge is -2.41. The van der Waals surface area contributed by atoms with Gasteiger partial charge in [-0.2, -0.15) is 10.2 Å². The number of benzene rings is 1. The van der Waals surface area contributed by atoms with Crippen molar-refractivity contribution in [3.8, 4) is 16.9 Å². The highest BCUT2D eigenvalue weighted by Crippen LogP contribution is 2.44. The standard InChI is InChI=1S/C44H53F2N15O3/c1-54-39-32(3-2-4-33(39)61(43(54)64)34-9-10-37(62)50-42(34)63)56-19-13-44(14-20-56)12-18-55(27-44)24-28-5-7-29(8-6-28)59-26-35(38(52-59)40(45)46)60-25-31(51-53-60)30-23-48-58-17-11-36(49-41(30)58)57-21-15-47-16-22-57/h2-4,11,17,23,25-26,28-29,34,40,47H,5-10,12-16,18-22,24,27H2,1H3,(H,50,62,63). The fourth-order valence-corrected chi connectivity index (χ4v) is 11.2. The highest BCUT2D eigenvalue weighted by molar-refractivity contribution is 6.00. The minimum absolute atomic E-state index is 0.0249. The molecule has 1 unspecified atom stereocenters. The Balaban J connectivity index is 0.713. The van der Waals surface area contributed by atoms with Gasteiger partial charge in [-0.3, -0.25) is 28.7 Å². The maximum absolute atomic E-state index is 14.5. The van der Waals surface area contributed by atoms with Crippen molar-refractivity contribution in [1.82, 2.24) is 64.0 Å². The molecule has 9 heterocycles. The molecule has 2 N–H and O–H groups in total. The zero-order valence-electron chi connectivity index (χ0n) is 36.0. The molecule has 0 radical (unpaired) electrons. The Morgan fingerprint density at radius 3 is 2.48 bits per heavy atom. The first-order chi connectivity index (χ1) is 31.1. The predicted octanol–water partition coefficient (Wildman–Crippen LogP) is 3.88. The number of rotatable bonds is 9. The third-order valence-electron chi connectivity index (χ3n) is 14.8. The lowest BCUT2D eigenvalue weighted by atomic mass is 9.77. The van der Waals surface area contributed by atoms with Crippen molar-refractivity contribution in [2.75, 3.05) is 68.7 Å². The summed E-state index contributed by atoms with van der Waals surface area (Å²) < 4.78 is 37.1. The molecule has 18 nitrogen and oxygen atoms in total. The number of likely N-dealkylation sites (tertiary alicyclic amines) is 1. The van der Waals surface area contributed by atoms with Crippen LogP contribution >= 0.6 is 0 Å². The molecule has 6 aromatic rings. The van der Waals surface area contributed by atoms with Crippen molar-refractivity contribution >= 4 is 40.0 Å². The normalized spacial score (nSPS) is 23.3. The largest absolute Gasteiger partial charge is 0.370 e. The third-order valence-corrected chi connectivity index (χ3v) is 14.8. The number of imide groups is 1. The predicted molar refractivity (Wildman–Crippen MR) is 234 cm³/mol. The van der Waals surface area contributed by atoms with Crippen LogP contribution in [0.2, 0.25) is 0 Å². The van der Waals surface area contributed by atoms with Gasteiger partial charge in [0.2, 0.25) is 11.8 Å². The Hall–Kier alpha value is -6.02. The number of nitrogens with one attached hydrogen (secondary N) is 2. The van der Waals surface area contributed by atoms with E-state index in [1.807, 2.05) is 24.4 Å². The number of halogens is 2. The second-order valence-corrected chi connectivity index (χ2v) is 18.5. The average molecular weight is 878 g/mol. The van der Waals surface area contributed by atoms with Crippen molar-refractivity contribution in [2.24, 2.45) is 18.4 Å². The summed E-state index contributed by atoms with van der Waals surface area (Å²) in [6.07, 6.45) is 11.7. The second kappa shape index (κ2) is 16.2. The Morgan fingerprint density at radius 1 is 0.906 bits per heavy atom. The number of aromatic nitrogens is 10. The molecule has 11 rings (SSSR count). The second-order valence-electron chi connectivity index (χ2n) is 18.5. The van der Waals surface area contributed by atoms with E-state index in [0.29, 0.717) is 34.8 Å². The van der Waals surface area contributed by atoms with Gasteiger partial charge in [-0.05, 0) is 87.4 Å². The van der Waals surface area contributed by atoms with E-state index in [-0.39, 0.29) is 40.9 Å². The Kier molecular flexibility index (Phi) is 10.3. The topological polar surface area (TPSA) is 174 Å². The highest BCUT2D eigenvalue weighted by Gasteiger charge is 2.42. The van der Waals surface area contributed by atoms with Crippen molar-refractivity contribution in [2.45, 2.75) is 76.3 Å². The van der Waals surface area contributed by atoms with Crippen molar-refractivity contribution in [3.63, 3.8) is 0 Å². The minimum atomic E-state index is -2.77. The summed E-state index contributed by atoms with van der Waals surface area (Å²) in [4.78, 5) is 50.3. The fourth-order valence-electron chi connectivity index (χ4n) is 11.2. The number of piperazine rings is 1. The summed E-state index contributed by atoms with van der Waals surface area (Å²) in [6, 6.07) is 7.18. The maximum atomic E-state index is 14.5. The molecule has 1 aromatic carbocycles. The number of piperidine rings is 2. The van der Waals surface area contributed by atoms with Crippen LogP contribution in [0.15, 0.2) is 53.8 Å². The molecule has 1 atom stereocenters. The lowest BCUT2D eigenvalue weighted by molar-refractivity contribution is -0.135. The van der Waals surface area contributed by atoms with E-state index in [9.17, 15) is 23.2 Å². The number of para-hydroxylation sites is 1. The van der Waals surface area contributed by atoms with Gasteiger partial charge in [0.1, 0.15) is 23.2 Å². The van der Waals surface area contributed by atoms with Gasteiger partial charge in [-0.25, -0.2) is 27.8 Å². The average Bonchev–Trinajstić information content (AvgIpc) is 4.16. The summed E-state index contributed by atoms with van der Waals surface area (Å²) >= 11 is 0. The Labute approximate surface area is 367 Å². The van der Waals surface area contributed by atoms with Crippen LogP contribution in [0.4, 0.5) is 20.3 Å². The lowest BCUT2D eigenvalue weighted by Crippen LogP contribution is -2.44. The number of alkyl halides is 2. The van der Waals surface area contributed by atoms with E-state index >= 15 is 0 Å². The van der Waals surface area contributed by atoms with Crippen molar-refractivity contribution < 1.29 is 18.4 Å². The molecule has 336 valence electrons. The molecule has 5 fully saturated rings. The number of carbonyl (C=O) groups excluding carboxylic acids is 2. The number of carbonyl (C=O) groups is 2. The van der Waals surface area contributed by atoms with Crippen LogP contribution in [0.3, 0.4) is 0 Å². The van der Waals surface area contributed by atoms with Crippen LogP contribution in [0.1, 0.15) is 82.0 Å². The molecular weight excluding hydrogens is 825 g/mol. The fraction of sp³-hybridized carbons (Fsp3) is 0.545. The van der Waals surface area contributed by atoms with E-state index in [0.717, 1.165) is 121 Å². The molecule has 1 saturated carbocycles. The third kappa shape index (κ3) is 7.23. The summed E-state index contributed by atoms with van der Waals surface area (Å²) in [6.45, 7) is 8.42. The molecule has 4 saturated heterocycles. The van der Waals surface area contributed by atoms with Crippen LogP contribution in [0.25, 0.3) is 33.6 Å². The van der Waals surface area contributed by atoms with E-state index in [1.165, 1.54) is 4.68 Å². The molecule has 4 aliphatic heterocycles. The molecule has 64 heavy (non-hydrogen) atoms. The maximum Gasteiger partial charge on any atom is 0.329 e. The van der Waals surface area contributed by atoms with Gasteiger partial charge in [0.05, 0.1) is 46.9 Å². The SMILES string of the molecule is Cn1c(=O)n(C2CCC(=O)NC2=O)c2cccc(N3CCC4(CCN(CC5CCC(n6cc(-n7cc(-c8cnn9ccc(N%10CCNCC%10)nc89)nn7)c(C(F)F)n6)CC5)C4)CC3)c21. The van der Waals surface area contributed by atoms with Crippen molar-refractivity contribution in [1.29, 1.82) is 0 Å². The summed E-state index contributed by atoms with van der Waals surface area (Å²) in [7, 11) is 1.76. The van der Waals surface area contributed by atoms with Crippen LogP contribution in [-0.2, 0) is 16.6 Å². The molecule has 5 aliphatic rings. The Bertz CT molecular complexity index is 2780. The summed E-state index contributed by atoms with van der Waals surface area (Å²) in [5.74, 6) is 0.656. The Morgan fingerprint density at radius 2 is 1.70 bits per heavy atom. The molecule has 1 spiro atoms. The number of nitrogens with zero attached hydrogens (tertiary/aromatic N) is 13. The van der Waals surface area contributed by atoms with E-state index < -0.39 is 18.4 Å². The van der Waals surface area contributed by atoms with E-state index in [4.69, 9.17) is 4.98 Å². The monoisotopic (exact) mass is 877 g/mol. The van der Waals surface area contributed by atoms with Gasteiger partial charge in [-0.1, -0.05) is 11.3 Å². The van der Waals surface area contributed by atoms with Gasteiger partial charge in [0.15, 0.2) is 11.3 Å². The molecule has 0 bridgehead atoms. The molecule has 1 aliphatic carbocycles. The minimum Gasteiger partial charge on any atom is -0.370 e. The number of imidazole rings is 1. The smallest absolute Gasteiger partial charge is 0.329 e. The van der Waals surface area contributed by atoms with E-state index in [2.05, 4.69) is 51.9 Å². The van der Waals surface area contributed by atoms with Crippen LogP contribution in [-0.4, -0.2) is 124 Å². The zero-order valence-corrected chi connectivity index (χ0v) is 36.0. The van der Waals surface area contributed by atoms with Crippen LogP contribution in [0.5, 0.6) is 0 Å². The van der Waals surface area contributed by atoms with Crippen LogP contribution < -0.4 is 26.1 Å². The molecular formula is C44H53F2N15O3. The van der Waals surface area contributed by atoms with E-state index in [1.54, 1.807) is 44.0 Å². The quantitative estimate of drug-likeness (QED) is 0.201. The summed E-state index contributed by atoms with van der Waals surface area (Å²) in [5, 5.41) is 23.3. The molecule has 20 heteroatoms. The summed E-state index contributed by atoms with van der Waals surface area (Å²) in [5.41, 5.74) is 4.24. The van der Waals surface area contributed by atoms with Crippen molar-refractivity contribution in [3.05, 3.63) is 65.2 Å². The number of fused-ring (bicyclic) bond motifs is 2. The number of anilines is 2. The highest BCUT2D eigenvalue weighted by atomic mass is 19.3. The molecule has 5 aromatic heterocycles. The van der Waals surface area contributed by atoms with Gasteiger partial charge >= 0.3 is 5.69 Å². The van der Waals surface area contributed by atoms with Gasteiger partial charge in [0, 0.05) is 72.0 Å². The number of hydrogen-bond donors (Lipinski definition) is 2. The number of aryl methyl sites for hydroxylation is 1. The molecule has 2 amide bonds. The zero-order chi connectivity index (χ0) is 43.7. The van der Waals surface area contributed by atoms with Gasteiger partial charge in [-0.15, -0.1) is 5.10 Å². The first-order valence-electron chi connectivity index (χ1n) is 22.7. The number of hydrogen-bond acceptors (Lipinski definition) is 12. The van der Waals surface area contributed by atoms with Gasteiger partial charge in [0.25, 0.3) is 6.43 Å². The van der Waals surface area contributed by atoms with Gasteiger partial charge < -0.3 is 20.0 Å².